The third kappa shape index (κ3) is 3.06. The van der Waals surface area contributed by atoms with E-state index in [-0.39, 0.29) is 6.04 Å². The monoisotopic (exact) mass is 241 g/mol. The van der Waals surface area contributed by atoms with Crippen LogP contribution in [0.3, 0.4) is 0 Å². The molecule has 0 aliphatic carbocycles. The van der Waals surface area contributed by atoms with E-state index in [1.165, 1.54) is 0 Å². The molecule has 0 saturated carbocycles. The highest BCUT2D eigenvalue weighted by atomic mass is 32.2. The highest BCUT2D eigenvalue weighted by molar-refractivity contribution is 7.98. The number of benzene rings is 1. The van der Waals surface area contributed by atoms with Crippen molar-refractivity contribution in [3.8, 4) is 11.5 Å². The second kappa shape index (κ2) is 6.01. The number of ether oxygens (including phenoxy) is 2. The quantitative estimate of drug-likeness (QED) is 0.804. The third-order valence-corrected chi connectivity index (χ3v) is 3.09. The maximum absolute atomic E-state index is 5.79. The minimum atomic E-state index is 0.134. The molecular weight excluding hydrogens is 222 g/mol. The summed E-state index contributed by atoms with van der Waals surface area (Å²) >= 11 is 1.62. The maximum Gasteiger partial charge on any atom is 0.136 e. The molecule has 0 bridgehead atoms. The summed E-state index contributed by atoms with van der Waals surface area (Å²) in [6, 6.07) is 4.18. The van der Waals surface area contributed by atoms with E-state index in [2.05, 4.69) is 0 Å². The highest BCUT2D eigenvalue weighted by Crippen LogP contribution is 2.37. The lowest BCUT2D eigenvalue weighted by Crippen LogP contribution is -2.17. The number of rotatable bonds is 5. The lowest BCUT2D eigenvalue weighted by atomic mass is 10.1. The van der Waals surface area contributed by atoms with Crippen LogP contribution in [0.4, 0.5) is 0 Å². The molecule has 1 aromatic carbocycles. The van der Waals surface area contributed by atoms with Crippen molar-refractivity contribution in [3.05, 3.63) is 17.7 Å². The first kappa shape index (κ1) is 13.2. The molecule has 0 amide bonds. The lowest BCUT2D eigenvalue weighted by molar-refractivity contribution is 0.375. The summed E-state index contributed by atoms with van der Waals surface area (Å²) in [5, 5.41) is 0. The summed E-state index contributed by atoms with van der Waals surface area (Å²) in [5.74, 6) is 1.70. The molecule has 0 aliphatic heterocycles. The number of methoxy groups -OCH3 is 2. The van der Waals surface area contributed by atoms with Crippen molar-refractivity contribution in [2.24, 2.45) is 5.73 Å². The van der Waals surface area contributed by atoms with Gasteiger partial charge in [-0.3, -0.25) is 0 Å². The number of hydrogen-bond acceptors (Lipinski definition) is 4. The first-order valence-corrected chi connectivity index (χ1v) is 6.39. The summed E-state index contributed by atoms with van der Waals surface area (Å²) < 4.78 is 10.7. The predicted molar refractivity (Wildman–Crippen MR) is 68.7 cm³/mol. The minimum absolute atomic E-state index is 0.134. The number of nitrogens with two attached hydrogens (primary N) is 1. The first-order chi connectivity index (χ1) is 7.62. The molecule has 0 aromatic heterocycles. The van der Waals surface area contributed by atoms with Crippen LogP contribution in [0.15, 0.2) is 17.0 Å². The zero-order chi connectivity index (χ0) is 12.1. The van der Waals surface area contributed by atoms with Gasteiger partial charge >= 0.3 is 0 Å². The van der Waals surface area contributed by atoms with Crippen molar-refractivity contribution in [1.82, 2.24) is 0 Å². The fourth-order valence-corrected chi connectivity index (χ4v) is 2.31. The molecule has 0 spiro atoms. The molecule has 0 fully saturated rings. The van der Waals surface area contributed by atoms with E-state index >= 15 is 0 Å². The van der Waals surface area contributed by atoms with Crippen LogP contribution in [-0.2, 0) is 6.42 Å². The van der Waals surface area contributed by atoms with E-state index in [0.717, 1.165) is 28.4 Å². The zero-order valence-corrected chi connectivity index (χ0v) is 11.1. The molecule has 0 heterocycles. The standard InChI is InChI=1S/C12H19NO2S/c1-8(13)5-9-6-10(14-2)12(16-4)11(7-9)15-3/h6-8H,5,13H2,1-4H3/t8-/m1/s1. The molecule has 4 heteroatoms. The van der Waals surface area contributed by atoms with Crippen LogP contribution in [0.1, 0.15) is 12.5 Å². The van der Waals surface area contributed by atoms with Gasteiger partial charge in [-0.2, -0.15) is 0 Å². The molecule has 1 atom stereocenters. The van der Waals surface area contributed by atoms with Gasteiger partial charge in [0.2, 0.25) is 0 Å². The van der Waals surface area contributed by atoms with E-state index in [4.69, 9.17) is 15.2 Å². The predicted octanol–water partition coefficient (Wildman–Crippen LogP) is 2.32. The van der Waals surface area contributed by atoms with Gasteiger partial charge in [-0.1, -0.05) is 0 Å². The molecular formula is C12H19NO2S. The Morgan fingerprint density at radius 2 is 1.75 bits per heavy atom. The smallest absolute Gasteiger partial charge is 0.136 e. The Bertz CT molecular complexity index is 328. The van der Waals surface area contributed by atoms with Crippen LogP contribution in [-0.4, -0.2) is 26.5 Å². The van der Waals surface area contributed by atoms with Gasteiger partial charge in [-0.25, -0.2) is 0 Å². The van der Waals surface area contributed by atoms with Crippen molar-refractivity contribution in [2.75, 3.05) is 20.5 Å². The summed E-state index contributed by atoms with van der Waals surface area (Å²) in [6.45, 7) is 1.99. The Kier molecular flexibility index (Phi) is 4.96. The zero-order valence-electron chi connectivity index (χ0n) is 10.2. The Morgan fingerprint density at radius 1 is 1.25 bits per heavy atom. The average Bonchev–Trinajstić information content (AvgIpc) is 2.26. The van der Waals surface area contributed by atoms with Crippen LogP contribution < -0.4 is 15.2 Å². The van der Waals surface area contributed by atoms with Gasteiger partial charge in [0.15, 0.2) is 0 Å². The van der Waals surface area contributed by atoms with Crippen LogP contribution in [0.5, 0.6) is 11.5 Å². The van der Waals surface area contributed by atoms with Crippen molar-refractivity contribution in [2.45, 2.75) is 24.3 Å². The molecule has 3 nitrogen and oxygen atoms in total. The van der Waals surface area contributed by atoms with Gasteiger partial charge in [0.05, 0.1) is 19.1 Å². The van der Waals surface area contributed by atoms with Gasteiger partial charge in [0.1, 0.15) is 11.5 Å². The van der Waals surface area contributed by atoms with Crippen molar-refractivity contribution in [3.63, 3.8) is 0 Å². The van der Waals surface area contributed by atoms with Crippen LogP contribution in [0.2, 0.25) is 0 Å². The van der Waals surface area contributed by atoms with E-state index in [0.29, 0.717) is 0 Å². The summed E-state index contributed by atoms with van der Waals surface area (Å²) in [6.07, 6.45) is 2.83. The summed E-state index contributed by atoms with van der Waals surface area (Å²) in [5.41, 5.74) is 6.93. The Hall–Kier alpha value is -0.870. The Labute approximate surface area is 101 Å². The molecule has 1 rings (SSSR count). The highest BCUT2D eigenvalue weighted by Gasteiger charge is 2.12. The lowest BCUT2D eigenvalue weighted by Gasteiger charge is -2.14. The molecule has 0 radical (unpaired) electrons. The maximum atomic E-state index is 5.79. The topological polar surface area (TPSA) is 44.5 Å². The molecule has 0 unspecified atom stereocenters. The molecule has 0 aliphatic rings. The fourth-order valence-electron chi connectivity index (χ4n) is 1.63. The molecule has 0 saturated heterocycles. The van der Waals surface area contributed by atoms with Gasteiger partial charge in [0.25, 0.3) is 0 Å². The van der Waals surface area contributed by atoms with Crippen molar-refractivity contribution in [1.29, 1.82) is 0 Å². The SMILES string of the molecule is COc1cc(C[C@@H](C)N)cc(OC)c1SC. The number of thioether (sulfide) groups is 1. The van der Waals surface area contributed by atoms with Crippen LogP contribution in [0.25, 0.3) is 0 Å². The summed E-state index contributed by atoms with van der Waals surface area (Å²) in [4.78, 5) is 1.03. The van der Waals surface area contributed by atoms with E-state index in [1.54, 1.807) is 26.0 Å². The van der Waals surface area contributed by atoms with Gasteiger partial charge in [-0.15, -0.1) is 11.8 Å². The first-order valence-electron chi connectivity index (χ1n) is 5.16. The van der Waals surface area contributed by atoms with E-state index in [9.17, 15) is 0 Å². The van der Waals surface area contributed by atoms with Gasteiger partial charge in [-0.05, 0) is 37.3 Å². The Morgan fingerprint density at radius 3 is 2.06 bits per heavy atom. The third-order valence-electron chi connectivity index (χ3n) is 2.28. The van der Waals surface area contributed by atoms with Crippen molar-refractivity contribution < 1.29 is 9.47 Å². The number of hydrogen-bond donors (Lipinski definition) is 1. The second-order valence-corrected chi connectivity index (χ2v) is 4.53. The normalized spacial score (nSPS) is 12.3. The molecule has 2 N–H and O–H groups in total. The van der Waals surface area contributed by atoms with Crippen molar-refractivity contribution >= 4 is 11.8 Å². The molecule has 90 valence electrons. The molecule has 16 heavy (non-hydrogen) atoms. The largest absolute Gasteiger partial charge is 0.495 e. The molecule has 1 aromatic rings. The van der Waals surface area contributed by atoms with Gasteiger partial charge < -0.3 is 15.2 Å². The van der Waals surface area contributed by atoms with E-state index < -0.39 is 0 Å². The van der Waals surface area contributed by atoms with Crippen LogP contribution >= 0.6 is 11.8 Å². The van der Waals surface area contributed by atoms with Gasteiger partial charge in [0, 0.05) is 6.04 Å². The second-order valence-electron chi connectivity index (χ2n) is 3.71. The Balaban J connectivity index is 3.15. The average molecular weight is 241 g/mol. The minimum Gasteiger partial charge on any atom is -0.495 e. The summed E-state index contributed by atoms with van der Waals surface area (Å²) in [7, 11) is 3.34. The van der Waals surface area contributed by atoms with Crippen LogP contribution in [0, 0.1) is 0 Å². The van der Waals surface area contributed by atoms with E-state index in [1.807, 2.05) is 25.3 Å². The fraction of sp³-hybridized carbons (Fsp3) is 0.500.